The van der Waals surface area contributed by atoms with E-state index in [0.29, 0.717) is 6.42 Å². The van der Waals surface area contributed by atoms with E-state index >= 15 is 0 Å². The van der Waals surface area contributed by atoms with Gasteiger partial charge < -0.3 is 0 Å². The number of rotatable bonds is 2. The summed E-state index contributed by atoms with van der Waals surface area (Å²) in [7, 11) is 0. The molecule has 0 amide bonds. The van der Waals surface area contributed by atoms with Gasteiger partial charge in [0.15, 0.2) is 0 Å². The minimum atomic E-state index is -0.0326. The zero-order valence-corrected chi connectivity index (χ0v) is 11.5. The van der Waals surface area contributed by atoms with Crippen LogP contribution in [0.2, 0.25) is 0 Å². The Bertz CT molecular complexity index is 584. The summed E-state index contributed by atoms with van der Waals surface area (Å²) in [4.78, 5) is 8.84. The third-order valence-corrected chi connectivity index (χ3v) is 2.89. The lowest BCUT2D eigenvalue weighted by atomic mass is 9.95. The Hall–Kier alpha value is -2.21. The van der Waals surface area contributed by atoms with Crippen LogP contribution in [0.15, 0.2) is 36.7 Å². The average Bonchev–Trinajstić information content (AvgIpc) is 2.39. The van der Waals surface area contributed by atoms with Crippen LogP contribution in [0.3, 0.4) is 0 Å². The van der Waals surface area contributed by atoms with Gasteiger partial charge in [0.1, 0.15) is 5.82 Å². The standard InChI is InChI=1S/C16H17N3/c1-16(2,3)15-18-10-14(11-19-15)13-6-4-12(5-7-13)8-9-17/h4-7,10-11H,8H2,1-3H3. The van der Waals surface area contributed by atoms with Crippen LogP contribution in [0, 0.1) is 11.3 Å². The van der Waals surface area contributed by atoms with Crippen molar-refractivity contribution in [2.75, 3.05) is 0 Å². The molecule has 3 nitrogen and oxygen atoms in total. The van der Waals surface area contributed by atoms with Crippen molar-refractivity contribution in [2.45, 2.75) is 32.6 Å². The molecule has 0 aliphatic heterocycles. The third-order valence-electron chi connectivity index (χ3n) is 2.89. The molecule has 0 radical (unpaired) electrons. The van der Waals surface area contributed by atoms with E-state index in [0.717, 1.165) is 22.5 Å². The number of hydrogen-bond donors (Lipinski definition) is 0. The summed E-state index contributed by atoms with van der Waals surface area (Å²) in [5.74, 6) is 0.845. The summed E-state index contributed by atoms with van der Waals surface area (Å²) in [5.41, 5.74) is 3.06. The van der Waals surface area contributed by atoms with E-state index in [1.165, 1.54) is 0 Å². The highest BCUT2D eigenvalue weighted by atomic mass is 14.9. The Morgan fingerprint density at radius 1 is 1.00 bits per heavy atom. The van der Waals surface area contributed by atoms with Crippen molar-refractivity contribution in [2.24, 2.45) is 0 Å². The number of benzene rings is 1. The molecule has 0 N–H and O–H groups in total. The first kappa shape index (κ1) is 13.2. The SMILES string of the molecule is CC(C)(C)c1ncc(-c2ccc(CC#N)cc2)cn1. The summed E-state index contributed by atoms with van der Waals surface area (Å²) in [5, 5.41) is 8.64. The number of nitriles is 1. The Labute approximate surface area is 114 Å². The molecule has 1 aromatic heterocycles. The second-order valence-corrected chi connectivity index (χ2v) is 5.58. The molecule has 0 spiro atoms. The van der Waals surface area contributed by atoms with Gasteiger partial charge in [-0.3, -0.25) is 0 Å². The zero-order chi connectivity index (χ0) is 13.9. The van der Waals surface area contributed by atoms with Gasteiger partial charge in [-0.05, 0) is 11.1 Å². The molecule has 19 heavy (non-hydrogen) atoms. The third kappa shape index (κ3) is 3.17. The van der Waals surface area contributed by atoms with Crippen molar-refractivity contribution in [3.05, 3.63) is 48.0 Å². The molecule has 2 aromatic rings. The Morgan fingerprint density at radius 3 is 2.05 bits per heavy atom. The topological polar surface area (TPSA) is 49.6 Å². The number of hydrogen-bond acceptors (Lipinski definition) is 3. The Kier molecular flexibility index (Phi) is 3.62. The monoisotopic (exact) mass is 251 g/mol. The molecule has 0 aliphatic rings. The minimum Gasteiger partial charge on any atom is -0.240 e. The smallest absolute Gasteiger partial charge is 0.133 e. The molecule has 0 aliphatic carbocycles. The number of aromatic nitrogens is 2. The van der Waals surface area contributed by atoms with E-state index in [2.05, 4.69) is 36.8 Å². The van der Waals surface area contributed by atoms with E-state index in [-0.39, 0.29) is 5.41 Å². The van der Waals surface area contributed by atoms with E-state index in [4.69, 9.17) is 5.26 Å². The lowest BCUT2D eigenvalue weighted by Gasteiger charge is -2.16. The molecule has 1 aromatic carbocycles. The van der Waals surface area contributed by atoms with Gasteiger partial charge in [0.25, 0.3) is 0 Å². The summed E-state index contributed by atoms with van der Waals surface area (Å²) in [6.45, 7) is 6.29. The molecule has 3 heteroatoms. The van der Waals surface area contributed by atoms with E-state index in [1.807, 2.05) is 36.7 Å². The molecule has 0 fully saturated rings. The molecule has 2 rings (SSSR count). The molecule has 0 atom stereocenters. The molecule has 96 valence electrons. The van der Waals surface area contributed by atoms with E-state index in [1.54, 1.807) is 0 Å². The molecular weight excluding hydrogens is 234 g/mol. The first-order valence-corrected chi connectivity index (χ1v) is 6.29. The summed E-state index contributed by atoms with van der Waals surface area (Å²) >= 11 is 0. The van der Waals surface area contributed by atoms with Gasteiger partial charge in [-0.2, -0.15) is 5.26 Å². The maximum Gasteiger partial charge on any atom is 0.133 e. The fourth-order valence-corrected chi connectivity index (χ4v) is 1.77. The number of nitrogens with zero attached hydrogens (tertiary/aromatic N) is 3. The molecule has 1 heterocycles. The van der Waals surface area contributed by atoms with Crippen LogP contribution in [0.4, 0.5) is 0 Å². The Balaban J connectivity index is 2.25. The molecule has 0 unspecified atom stereocenters. The van der Waals surface area contributed by atoms with Gasteiger partial charge in [0.05, 0.1) is 12.5 Å². The molecule has 0 saturated carbocycles. The van der Waals surface area contributed by atoms with Crippen molar-refractivity contribution in [1.82, 2.24) is 9.97 Å². The molecular formula is C16H17N3. The fraction of sp³-hybridized carbons (Fsp3) is 0.312. The van der Waals surface area contributed by atoms with Crippen LogP contribution >= 0.6 is 0 Å². The normalized spacial score (nSPS) is 11.1. The lowest BCUT2D eigenvalue weighted by molar-refractivity contribution is 0.545. The minimum absolute atomic E-state index is 0.0326. The van der Waals surface area contributed by atoms with Gasteiger partial charge >= 0.3 is 0 Å². The summed E-state index contributed by atoms with van der Waals surface area (Å²) in [6.07, 6.45) is 4.15. The predicted octanol–water partition coefficient (Wildman–Crippen LogP) is 3.51. The van der Waals surface area contributed by atoms with Crippen LogP contribution in [-0.4, -0.2) is 9.97 Å². The van der Waals surface area contributed by atoms with Crippen molar-refractivity contribution >= 4 is 0 Å². The highest BCUT2D eigenvalue weighted by Crippen LogP contribution is 2.22. The predicted molar refractivity (Wildman–Crippen MR) is 75.5 cm³/mol. The molecule has 0 bridgehead atoms. The fourth-order valence-electron chi connectivity index (χ4n) is 1.77. The summed E-state index contributed by atoms with van der Waals surface area (Å²) < 4.78 is 0. The first-order chi connectivity index (χ1) is 9.00. The van der Waals surface area contributed by atoms with Gasteiger partial charge in [0, 0.05) is 23.4 Å². The van der Waals surface area contributed by atoms with Crippen LogP contribution in [-0.2, 0) is 11.8 Å². The maximum atomic E-state index is 8.64. The van der Waals surface area contributed by atoms with Crippen molar-refractivity contribution < 1.29 is 0 Å². The van der Waals surface area contributed by atoms with Crippen LogP contribution < -0.4 is 0 Å². The van der Waals surface area contributed by atoms with Gasteiger partial charge in [-0.15, -0.1) is 0 Å². The average molecular weight is 251 g/mol. The first-order valence-electron chi connectivity index (χ1n) is 6.29. The van der Waals surface area contributed by atoms with E-state index in [9.17, 15) is 0 Å². The van der Waals surface area contributed by atoms with Crippen molar-refractivity contribution in [3.63, 3.8) is 0 Å². The maximum absolute atomic E-state index is 8.64. The second-order valence-electron chi connectivity index (χ2n) is 5.58. The van der Waals surface area contributed by atoms with Gasteiger partial charge in [-0.1, -0.05) is 45.0 Å². The van der Waals surface area contributed by atoms with Gasteiger partial charge in [0.2, 0.25) is 0 Å². The van der Waals surface area contributed by atoms with Crippen molar-refractivity contribution in [3.8, 4) is 17.2 Å². The Morgan fingerprint density at radius 2 is 1.58 bits per heavy atom. The largest absolute Gasteiger partial charge is 0.240 e. The van der Waals surface area contributed by atoms with Crippen LogP contribution in [0.25, 0.3) is 11.1 Å². The lowest BCUT2D eigenvalue weighted by Crippen LogP contribution is -2.15. The second kappa shape index (κ2) is 5.19. The highest BCUT2D eigenvalue weighted by Gasteiger charge is 2.16. The van der Waals surface area contributed by atoms with E-state index < -0.39 is 0 Å². The van der Waals surface area contributed by atoms with Gasteiger partial charge in [-0.25, -0.2) is 9.97 Å². The van der Waals surface area contributed by atoms with Crippen molar-refractivity contribution in [1.29, 1.82) is 5.26 Å². The quantitative estimate of drug-likeness (QED) is 0.820. The zero-order valence-electron chi connectivity index (χ0n) is 11.5. The molecule has 0 saturated heterocycles. The van der Waals surface area contributed by atoms with Crippen LogP contribution in [0.1, 0.15) is 32.2 Å². The highest BCUT2D eigenvalue weighted by molar-refractivity contribution is 5.61. The van der Waals surface area contributed by atoms with Crippen LogP contribution in [0.5, 0.6) is 0 Å². The summed E-state index contributed by atoms with van der Waals surface area (Å²) in [6, 6.07) is 10.1.